The highest BCUT2D eigenvalue weighted by Gasteiger charge is 2.21. The largest absolute Gasteiger partial charge is 0.494 e. The van der Waals surface area contributed by atoms with Crippen molar-refractivity contribution in [2.24, 2.45) is 5.92 Å². The average Bonchev–Trinajstić information content (AvgIpc) is 2.90. The maximum Gasteiger partial charge on any atom is 0.230 e. The lowest BCUT2D eigenvalue weighted by molar-refractivity contribution is -0.120. The number of nitrogens with zero attached hydrogens (tertiary/aromatic N) is 1. The molecular formula is C15H20ClN3O2S. The molecule has 0 radical (unpaired) electrons. The molecule has 0 saturated carbocycles. The summed E-state index contributed by atoms with van der Waals surface area (Å²) in [7, 11) is 0. The van der Waals surface area contributed by atoms with Crippen molar-refractivity contribution in [3.05, 3.63) is 18.2 Å². The summed E-state index contributed by atoms with van der Waals surface area (Å²) in [5, 5.41) is 6.86. The van der Waals surface area contributed by atoms with Crippen molar-refractivity contribution >= 4 is 45.0 Å². The molecular weight excluding hydrogens is 322 g/mol. The number of fused-ring (bicyclic) bond motifs is 1. The fraction of sp³-hybridized carbons (Fsp3) is 0.467. The Morgan fingerprint density at radius 1 is 1.55 bits per heavy atom. The van der Waals surface area contributed by atoms with Gasteiger partial charge < -0.3 is 15.4 Å². The van der Waals surface area contributed by atoms with Gasteiger partial charge in [0.25, 0.3) is 0 Å². The van der Waals surface area contributed by atoms with Crippen LogP contribution < -0.4 is 15.4 Å². The first-order chi connectivity index (χ1) is 10.3. The minimum Gasteiger partial charge on any atom is -0.494 e. The molecule has 5 nitrogen and oxygen atoms in total. The van der Waals surface area contributed by atoms with Gasteiger partial charge in [-0.25, -0.2) is 4.98 Å². The number of nitrogens with one attached hydrogen (secondary N) is 2. The molecule has 3 rings (SSSR count). The molecule has 0 spiro atoms. The number of aromatic nitrogens is 1. The second-order valence-electron chi connectivity index (χ2n) is 5.11. The van der Waals surface area contributed by atoms with Gasteiger partial charge in [-0.15, -0.1) is 12.4 Å². The highest BCUT2D eigenvalue weighted by molar-refractivity contribution is 7.22. The predicted molar refractivity (Wildman–Crippen MR) is 92.3 cm³/mol. The van der Waals surface area contributed by atoms with Gasteiger partial charge in [0.2, 0.25) is 5.91 Å². The van der Waals surface area contributed by atoms with Crippen molar-refractivity contribution in [3.63, 3.8) is 0 Å². The summed E-state index contributed by atoms with van der Waals surface area (Å²) >= 11 is 1.49. The van der Waals surface area contributed by atoms with Gasteiger partial charge in [-0.05, 0) is 44.5 Å². The van der Waals surface area contributed by atoms with Crippen LogP contribution in [0.25, 0.3) is 10.2 Å². The summed E-state index contributed by atoms with van der Waals surface area (Å²) in [6.07, 6.45) is 1.99. The number of halogens is 1. The highest BCUT2D eigenvalue weighted by Crippen LogP contribution is 2.29. The van der Waals surface area contributed by atoms with Gasteiger partial charge in [0, 0.05) is 6.54 Å². The minimum absolute atomic E-state index is 0. The van der Waals surface area contributed by atoms with E-state index < -0.39 is 0 Å². The molecule has 120 valence electrons. The van der Waals surface area contributed by atoms with Crippen molar-refractivity contribution in [2.45, 2.75) is 19.8 Å². The van der Waals surface area contributed by atoms with E-state index in [4.69, 9.17) is 4.74 Å². The molecule has 1 aliphatic rings. The van der Waals surface area contributed by atoms with E-state index in [1.807, 2.05) is 25.1 Å². The summed E-state index contributed by atoms with van der Waals surface area (Å²) in [6, 6.07) is 5.80. The molecule has 1 saturated heterocycles. The van der Waals surface area contributed by atoms with Gasteiger partial charge in [-0.2, -0.15) is 0 Å². The Bertz CT molecular complexity index is 641. The lowest BCUT2D eigenvalue weighted by Gasteiger charge is -2.21. The first-order valence-corrected chi connectivity index (χ1v) is 8.13. The van der Waals surface area contributed by atoms with Crippen LogP contribution in [-0.2, 0) is 4.79 Å². The highest BCUT2D eigenvalue weighted by atomic mass is 35.5. The number of carbonyl (C=O) groups is 1. The average molecular weight is 342 g/mol. The summed E-state index contributed by atoms with van der Waals surface area (Å²) in [5.41, 5.74) is 0.889. The van der Waals surface area contributed by atoms with Gasteiger partial charge in [-0.1, -0.05) is 11.3 Å². The van der Waals surface area contributed by atoms with Gasteiger partial charge in [-0.3, -0.25) is 4.79 Å². The van der Waals surface area contributed by atoms with Crippen LogP contribution in [0.3, 0.4) is 0 Å². The van der Waals surface area contributed by atoms with Crippen LogP contribution in [0.5, 0.6) is 5.75 Å². The first kappa shape index (κ1) is 17.0. The Morgan fingerprint density at radius 2 is 2.41 bits per heavy atom. The van der Waals surface area contributed by atoms with E-state index in [1.54, 1.807) is 0 Å². The maximum atomic E-state index is 12.2. The monoisotopic (exact) mass is 341 g/mol. The summed E-state index contributed by atoms with van der Waals surface area (Å²) in [4.78, 5) is 16.7. The molecule has 1 atom stereocenters. The molecule has 2 aromatic rings. The topological polar surface area (TPSA) is 63.2 Å². The molecule has 0 aliphatic carbocycles. The van der Waals surface area contributed by atoms with Crippen LogP contribution in [0, 0.1) is 5.92 Å². The normalized spacial score (nSPS) is 17.8. The third-order valence-corrected chi connectivity index (χ3v) is 4.50. The van der Waals surface area contributed by atoms with Gasteiger partial charge in [0.1, 0.15) is 5.75 Å². The molecule has 0 unspecified atom stereocenters. The third kappa shape index (κ3) is 3.88. The van der Waals surface area contributed by atoms with Crippen molar-refractivity contribution in [1.82, 2.24) is 10.3 Å². The van der Waals surface area contributed by atoms with E-state index >= 15 is 0 Å². The summed E-state index contributed by atoms with van der Waals surface area (Å²) in [5.74, 6) is 0.944. The van der Waals surface area contributed by atoms with E-state index in [2.05, 4.69) is 15.6 Å². The van der Waals surface area contributed by atoms with E-state index in [0.29, 0.717) is 11.7 Å². The van der Waals surface area contributed by atoms with Crippen molar-refractivity contribution in [1.29, 1.82) is 0 Å². The van der Waals surface area contributed by atoms with Gasteiger partial charge in [0.15, 0.2) is 5.13 Å². The van der Waals surface area contributed by atoms with E-state index in [0.717, 1.165) is 41.9 Å². The van der Waals surface area contributed by atoms with Crippen molar-refractivity contribution in [3.8, 4) is 5.75 Å². The Morgan fingerprint density at radius 3 is 3.14 bits per heavy atom. The molecule has 1 aliphatic heterocycles. The SMILES string of the molecule is CCOc1ccc2nc(NC(=O)[C@@H]3CCCNC3)sc2c1.Cl. The molecule has 22 heavy (non-hydrogen) atoms. The van der Waals surface area contributed by atoms with Crippen molar-refractivity contribution < 1.29 is 9.53 Å². The number of amides is 1. The van der Waals surface area contributed by atoms with E-state index in [1.165, 1.54) is 11.3 Å². The number of ether oxygens (including phenoxy) is 1. The summed E-state index contributed by atoms with van der Waals surface area (Å²) < 4.78 is 6.51. The molecule has 7 heteroatoms. The number of rotatable bonds is 4. The molecule has 1 amide bonds. The molecule has 2 N–H and O–H groups in total. The zero-order valence-electron chi connectivity index (χ0n) is 12.4. The molecule has 1 aromatic carbocycles. The second-order valence-corrected chi connectivity index (χ2v) is 6.14. The Balaban J connectivity index is 0.00000176. The molecule has 0 bridgehead atoms. The fourth-order valence-corrected chi connectivity index (χ4v) is 3.40. The first-order valence-electron chi connectivity index (χ1n) is 7.31. The Hall–Kier alpha value is -1.37. The molecule has 1 aromatic heterocycles. The number of thiazole rings is 1. The lowest BCUT2D eigenvalue weighted by Crippen LogP contribution is -2.37. The zero-order chi connectivity index (χ0) is 14.7. The van der Waals surface area contributed by atoms with Crippen LogP contribution in [0.2, 0.25) is 0 Å². The predicted octanol–water partition coefficient (Wildman–Crippen LogP) is 3.05. The quantitative estimate of drug-likeness (QED) is 0.897. The van der Waals surface area contributed by atoms with Gasteiger partial charge in [0.05, 0.1) is 22.7 Å². The number of hydrogen-bond acceptors (Lipinski definition) is 5. The lowest BCUT2D eigenvalue weighted by atomic mass is 9.99. The number of hydrogen-bond donors (Lipinski definition) is 2. The second kappa shape index (κ2) is 7.76. The van der Waals surface area contributed by atoms with Crippen LogP contribution in [0.4, 0.5) is 5.13 Å². The molecule has 2 heterocycles. The Kier molecular flexibility index (Phi) is 5.99. The van der Waals surface area contributed by atoms with Crippen LogP contribution in [-0.4, -0.2) is 30.6 Å². The standard InChI is InChI=1S/C15H19N3O2S.ClH/c1-2-20-11-5-6-12-13(8-11)21-15(17-12)18-14(19)10-4-3-7-16-9-10;/h5-6,8,10,16H,2-4,7,9H2,1H3,(H,17,18,19);1H/t10-;/m1./s1. The van der Waals surface area contributed by atoms with E-state index in [9.17, 15) is 4.79 Å². The zero-order valence-corrected chi connectivity index (χ0v) is 14.1. The Labute approximate surface area is 139 Å². The van der Waals surface area contributed by atoms with Crippen LogP contribution >= 0.6 is 23.7 Å². The smallest absolute Gasteiger partial charge is 0.230 e. The summed E-state index contributed by atoms with van der Waals surface area (Å²) in [6.45, 7) is 4.36. The molecule has 1 fully saturated rings. The fourth-order valence-electron chi connectivity index (χ4n) is 2.50. The van der Waals surface area contributed by atoms with Gasteiger partial charge >= 0.3 is 0 Å². The minimum atomic E-state index is 0. The van der Waals surface area contributed by atoms with Crippen LogP contribution in [0.15, 0.2) is 18.2 Å². The third-order valence-electron chi connectivity index (χ3n) is 3.57. The number of piperidine rings is 1. The number of benzene rings is 1. The van der Waals surface area contributed by atoms with Crippen molar-refractivity contribution in [2.75, 3.05) is 25.0 Å². The maximum absolute atomic E-state index is 12.2. The van der Waals surface area contributed by atoms with E-state index in [-0.39, 0.29) is 24.2 Å². The number of carbonyl (C=O) groups excluding carboxylic acids is 1. The number of anilines is 1. The van der Waals surface area contributed by atoms with Crippen LogP contribution in [0.1, 0.15) is 19.8 Å².